The van der Waals surface area contributed by atoms with Crippen molar-refractivity contribution >= 4 is 102 Å². The average Bonchev–Trinajstić information content (AvgIpc) is 3.89. The van der Waals surface area contributed by atoms with Gasteiger partial charge < -0.3 is 4.40 Å². The number of hydrogen-bond acceptors (Lipinski definition) is 3. The molecule has 0 aliphatic carbocycles. The zero-order chi connectivity index (χ0) is 31.8. The van der Waals surface area contributed by atoms with Gasteiger partial charge in [-0.1, -0.05) is 109 Å². The summed E-state index contributed by atoms with van der Waals surface area (Å²) in [6, 6.07) is 52.6. The topological polar surface area (TPSA) is 35.1 Å². The fourth-order valence-corrected chi connectivity index (χ4v) is 9.49. The van der Waals surface area contributed by atoms with Crippen molar-refractivity contribution in [2.45, 2.75) is 0 Å². The monoisotopic (exact) mass is 640 g/mol. The number of para-hydroxylation sites is 2. The standard InChI is InChI=1S/C44H24N4S/c1-2-12-25(13-3-1)43-45-40-30-18-8-11-21-37(30)49-42(40)44(46-43)48-35-23-27-15-5-4-14-26(27)22-32(35)38-36(48)24-31-28-16-6-9-19-33(28)47-34-20-10-7-17-29(34)39(38)41(31)47/h1-24H. The number of thiophene rings is 1. The van der Waals surface area contributed by atoms with Crippen LogP contribution in [0.1, 0.15) is 0 Å². The van der Waals surface area contributed by atoms with E-state index in [0.29, 0.717) is 0 Å². The lowest BCUT2D eigenvalue weighted by atomic mass is 10.0. The lowest BCUT2D eigenvalue weighted by Crippen LogP contribution is -2.01. The highest BCUT2D eigenvalue weighted by Crippen LogP contribution is 2.48. The van der Waals surface area contributed by atoms with Gasteiger partial charge in [-0.2, -0.15) is 0 Å². The first-order chi connectivity index (χ1) is 24.3. The van der Waals surface area contributed by atoms with Crippen molar-refractivity contribution in [3.63, 3.8) is 0 Å². The third kappa shape index (κ3) is 3.27. The van der Waals surface area contributed by atoms with Gasteiger partial charge in [-0.25, -0.2) is 9.97 Å². The van der Waals surface area contributed by atoms with Crippen LogP contribution in [-0.2, 0) is 0 Å². The Labute approximate surface area is 283 Å². The van der Waals surface area contributed by atoms with Crippen LogP contribution in [0.3, 0.4) is 0 Å². The van der Waals surface area contributed by atoms with Crippen LogP contribution in [-0.4, -0.2) is 18.9 Å². The van der Waals surface area contributed by atoms with E-state index in [2.05, 4.69) is 148 Å². The summed E-state index contributed by atoms with van der Waals surface area (Å²) in [6.07, 6.45) is 0. The summed E-state index contributed by atoms with van der Waals surface area (Å²) in [6.45, 7) is 0. The summed E-state index contributed by atoms with van der Waals surface area (Å²) in [7, 11) is 0. The molecular formula is C44H24N4S. The van der Waals surface area contributed by atoms with Crippen LogP contribution < -0.4 is 0 Å². The second kappa shape index (κ2) is 9.19. The average molecular weight is 641 g/mol. The van der Waals surface area contributed by atoms with Crippen molar-refractivity contribution in [3.05, 3.63) is 146 Å². The predicted octanol–water partition coefficient (Wildman–Crippen LogP) is 11.9. The van der Waals surface area contributed by atoms with Crippen molar-refractivity contribution in [1.29, 1.82) is 0 Å². The largest absolute Gasteiger partial charge is 0.308 e. The molecule has 0 fully saturated rings. The van der Waals surface area contributed by atoms with Gasteiger partial charge in [-0.05, 0) is 47.2 Å². The predicted molar refractivity (Wildman–Crippen MR) is 207 cm³/mol. The molecule has 0 aliphatic heterocycles. The molecule has 12 aromatic rings. The van der Waals surface area contributed by atoms with E-state index in [4.69, 9.17) is 9.97 Å². The normalized spacial score (nSPS) is 12.5. The van der Waals surface area contributed by atoms with E-state index in [9.17, 15) is 0 Å². The van der Waals surface area contributed by atoms with Gasteiger partial charge in [0.25, 0.3) is 0 Å². The molecule has 49 heavy (non-hydrogen) atoms. The molecule has 0 unspecified atom stereocenters. The Morgan fingerprint density at radius 1 is 0.469 bits per heavy atom. The molecule has 0 amide bonds. The van der Waals surface area contributed by atoms with Gasteiger partial charge in [0.05, 0.1) is 37.8 Å². The van der Waals surface area contributed by atoms with E-state index < -0.39 is 0 Å². The highest BCUT2D eigenvalue weighted by atomic mass is 32.1. The number of aromatic nitrogens is 4. The molecule has 0 saturated heterocycles. The molecule has 0 atom stereocenters. The summed E-state index contributed by atoms with van der Waals surface area (Å²) >= 11 is 1.78. The number of nitrogens with zero attached hydrogens (tertiary/aromatic N) is 4. The highest BCUT2D eigenvalue weighted by molar-refractivity contribution is 7.26. The zero-order valence-electron chi connectivity index (χ0n) is 26.1. The zero-order valence-corrected chi connectivity index (χ0v) is 26.9. The third-order valence-electron chi connectivity index (χ3n) is 10.4. The minimum absolute atomic E-state index is 0.731. The molecular weight excluding hydrogens is 617 g/mol. The Morgan fingerprint density at radius 2 is 1.14 bits per heavy atom. The molecule has 0 bridgehead atoms. The molecule has 7 aromatic carbocycles. The summed E-state index contributed by atoms with van der Waals surface area (Å²) in [4.78, 5) is 10.7. The van der Waals surface area contributed by atoms with E-state index >= 15 is 0 Å². The molecule has 12 rings (SSSR count). The maximum atomic E-state index is 5.49. The van der Waals surface area contributed by atoms with Crippen molar-refractivity contribution in [3.8, 4) is 17.2 Å². The second-order valence-corrected chi connectivity index (χ2v) is 14.0. The lowest BCUT2D eigenvalue weighted by molar-refractivity contribution is 1.08. The summed E-state index contributed by atoms with van der Waals surface area (Å²) in [5, 5.41) is 11.2. The van der Waals surface area contributed by atoms with Crippen molar-refractivity contribution < 1.29 is 0 Å². The molecule has 0 N–H and O–H groups in total. The Balaban J connectivity index is 1.37. The van der Waals surface area contributed by atoms with Crippen molar-refractivity contribution in [1.82, 2.24) is 18.9 Å². The van der Waals surface area contributed by atoms with E-state index in [1.807, 2.05) is 6.07 Å². The first-order valence-electron chi connectivity index (χ1n) is 16.6. The molecule has 226 valence electrons. The minimum Gasteiger partial charge on any atom is -0.308 e. The minimum atomic E-state index is 0.731. The summed E-state index contributed by atoms with van der Waals surface area (Å²) in [5.74, 6) is 1.65. The first-order valence-corrected chi connectivity index (χ1v) is 17.4. The maximum Gasteiger partial charge on any atom is 0.162 e. The van der Waals surface area contributed by atoms with Gasteiger partial charge in [0.1, 0.15) is 0 Å². The molecule has 0 spiro atoms. The molecule has 0 saturated carbocycles. The fraction of sp³-hybridized carbons (Fsp3) is 0. The van der Waals surface area contributed by atoms with Crippen LogP contribution in [0.4, 0.5) is 0 Å². The number of benzene rings is 7. The number of rotatable bonds is 2. The van der Waals surface area contributed by atoms with Gasteiger partial charge in [0, 0.05) is 48.0 Å². The van der Waals surface area contributed by atoms with E-state index in [-0.39, 0.29) is 0 Å². The van der Waals surface area contributed by atoms with E-state index in [0.717, 1.165) is 43.8 Å². The quantitative estimate of drug-likeness (QED) is 0.188. The van der Waals surface area contributed by atoms with Crippen LogP contribution in [0.2, 0.25) is 0 Å². The van der Waals surface area contributed by atoms with Crippen LogP contribution in [0.15, 0.2) is 146 Å². The van der Waals surface area contributed by atoms with Gasteiger partial charge in [0.15, 0.2) is 11.6 Å². The Hall–Kier alpha value is -6.30. The molecule has 5 heterocycles. The molecule has 4 nitrogen and oxygen atoms in total. The first kappa shape index (κ1) is 25.7. The Morgan fingerprint density at radius 3 is 1.98 bits per heavy atom. The summed E-state index contributed by atoms with van der Waals surface area (Å²) < 4.78 is 7.21. The smallest absolute Gasteiger partial charge is 0.162 e. The fourth-order valence-electron chi connectivity index (χ4n) is 8.37. The van der Waals surface area contributed by atoms with Crippen LogP contribution in [0.5, 0.6) is 0 Å². The van der Waals surface area contributed by atoms with Crippen LogP contribution in [0, 0.1) is 0 Å². The maximum absolute atomic E-state index is 5.49. The van der Waals surface area contributed by atoms with Crippen molar-refractivity contribution in [2.75, 3.05) is 0 Å². The lowest BCUT2D eigenvalue weighted by Gasteiger charge is -2.11. The van der Waals surface area contributed by atoms with E-state index in [1.54, 1.807) is 11.3 Å². The highest BCUT2D eigenvalue weighted by Gasteiger charge is 2.26. The molecule has 5 heteroatoms. The van der Waals surface area contributed by atoms with Gasteiger partial charge >= 0.3 is 0 Å². The van der Waals surface area contributed by atoms with Gasteiger partial charge in [-0.3, -0.25) is 4.57 Å². The number of hydrogen-bond donors (Lipinski definition) is 0. The molecule has 0 aliphatic rings. The van der Waals surface area contributed by atoms with Crippen LogP contribution in [0.25, 0.3) is 108 Å². The second-order valence-electron chi connectivity index (χ2n) is 13.0. The van der Waals surface area contributed by atoms with Gasteiger partial charge in [0.2, 0.25) is 0 Å². The van der Waals surface area contributed by atoms with Gasteiger partial charge in [-0.15, -0.1) is 11.3 Å². The van der Waals surface area contributed by atoms with E-state index in [1.165, 1.54) is 64.3 Å². The molecule has 5 aromatic heterocycles. The Bertz CT molecular complexity index is 3330. The summed E-state index contributed by atoms with van der Waals surface area (Å²) in [5.41, 5.74) is 8.05. The molecule has 0 radical (unpaired) electrons. The SMILES string of the molecule is c1ccc(-c2nc(-n3c4cc5ccccc5cc4c4c5c6ccccc6n6c7ccccc7c(cc43)c56)c3sc4ccccc4c3n2)cc1. The van der Waals surface area contributed by atoms with Crippen molar-refractivity contribution in [2.24, 2.45) is 0 Å². The Kier molecular flexibility index (Phi) is 4.83. The third-order valence-corrected chi connectivity index (χ3v) is 11.6. The van der Waals surface area contributed by atoms with Crippen LogP contribution >= 0.6 is 11.3 Å². The number of fused-ring (bicyclic) bond motifs is 14.